The van der Waals surface area contributed by atoms with Gasteiger partial charge in [0.15, 0.2) is 0 Å². The van der Waals surface area contributed by atoms with E-state index in [1.807, 2.05) is 0 Å². The molecule has 0 spiro atoms. The third kappa shape index (κ3) is 2.64. The molecule has 0 amide bonds. The van der Waals surface area contributed by atoms with E-state index in [1.165, 1.54) is 11.1 Å². The molecule has 0 radical (unpaired) electrons. The molecule has 0 N–H and O–H groups in total. The molecule has 0 nitrogen and oxygen atoms in total. The van der Waals surface area contributed by atoms with Crippen LogP contribution in [0, 0.1) is 5.41 Å². The molecule has 0 saturated carbocycles. The number of rotatable bonds is 2. The first kappa shape index (κ1) is 12.9. The molecule has 1 aromatic carbocycles. The number of hydrogen-bond acceptors (Lipinski definition) is 0. The van der Waals surface area contributed by atoms with Gasteiger partial charge in [-0.1, -0.05) is 88.4 Å². The molecular formula is C18H22. The Labute approximate surface area is 111 Å². The minimum Gasteiger partial charge on any atom is -0.0751 e. The van der Waals surface area contributed by atoms with Crippen molar-refractivity contribution in [2.24, 2.45) is 5.41 Å². The van der Waals surface area contributed by atoms with Crippen molar-refractivity contribution < 1.29 is 0 Å². The van der Waals surface area contributed by atoms with Crippen LogP contribution in [0.3, 0.4) is 0 Å². The van der Waals surface area contributed by atoms with Crippen molar-refractivity contribution >= 4 is 0 Å². The summed E-state index contributed by atoms with van der Waals surface area (Å²) in [5.74, 6) is 0. The predicted octanol–water partition coefficient (Wildman–Crippen LogP) is 5.04. The van der Waals surface area contributed by atoms with Crippen molar-refractivity contribution in [1.82, 2.24) is 0 Å². The van der Waals surface area contributed by atoms with Gasteiger partial charge in [-0.3, -0.25) is 0 Å². The Morgan fingerprint density at radius 2 is 1.61 bits per heavy atom. The maximum Gasteiger partial charge on any atom is 0.0146 e. The Morgan fingerprint density at radius 3 is 2.28 bits per heavy atom. The highest BCUT2D eigenvalue weighted by molar-refractivity contribution is 5.43. The van der Waals surface area contributed by atoms with Gasteiger partial charge in [-0.05, 0) is 11.1 Å². The summed E-state index contributed by atoms with van der Waals surface area (Å²) in [6.07, 6.45) is 11.2. The number of benzene rings is 1. The normalized spacial score (nSPS) is 18.3. The van der Waals surface area contributed by atoms with Gasteiger partial charge < -0.3 is 0 Å². The zero-order valence-electron chi connectivity index (χ0n) is 11.8. The molecule has 0 heterocycles. The fourth-order valence-corrected chi connectivity index (χ4v) is 2.25. The highest BCUT2D eigenvalue weighted by Crippen LogP contribution is 2.34. The minimum absolute atomic E-state index is 0.0442. The molecular weight excluding hydrogens is 216 g/mol. The van der Waals surface area contributed by atoms with Gasteiger partial charge in [-0.15, -0.1) is 0 Å². The van der Waals surface area contributed by atoms with Gasteiger partial charge in [0.1, 0.15) is 0 Å². The van der Waals surface area contributed by atoms with E-state index in [0.717, 1.165) is 0 Å². The fraction of sp³-hybridized carbons (Fsp3) is 0.333. The SMILES string of the molecule is CC1(C)C=CC=C(C(C)(C)c2ccccc2)C=C1. The van der Waals surface area contributed by atoms with E-state index in [2.05, 4.69) is 88.4 Å². The molecule has 1 aromatic rings. The molecule has 94 valence electrons. The lowest BCUT2D eigenvalue weighted by atomic mass is 9.77. The second-order valence-corrected chi connectivity index (χ2v) is 6.13. The van der Waals surface area contributed by atoms with Crippen molar-refractivity contribution in [3.63, 3.8) is 0 Å². The molecule has 0 saturated heterocycles. The summed E-state index contributed by atoms with van der Waals surface area (Å²) >= 11 is 0. The third-order valence-electron chi connectivity index (χ3n) is 3.71. The molecule has 0 heteroatoms. The summed E-state index contributed by atoms with van der Waals surface area (Å²) < 4.78 is 0. The summed E-state index contributed by atoms with van der Waals surface area (Å²) in [5.41, 5.74) is 2.90. The van der Waals surface area contributed by atoms with Crippen molar-refractivity contribution in [1.29, 1.82) is 0 Å². The van der Waals surface area contributed by atoms with E-state index in [4.69, 9.17) is 0 Å². The van der Waals surface area contributed by atoms with Crippen LogP contribution in [-0.4, -0.2) is 0 Å². The number of hydrogen-bond donors (Lipinski definition) is 0. The van der Waals surface area contributed by atoms with Crippen LogP contribution in [0.25, 0.3) is 0 Å². The largest absolute Gasteiger partial charge is 0.0751 e. The fourth-order valence-electron chi connectivity index (χ4n) is 2.25. The highest BCUT2D eigenvalue weighted by atomic mass is 14.3. The lowest BCUT2D eigenvalue weighted by Gasteiger charge is -2.27. The summed E-state index contributed by atoms with van der Waals surface area (Å²) in [6.45, 7) is 9.02. The maximum absolute atomic E-state index is 2.28. The molecule has 1 aliphatic rings. The summed E-state index contributed by atoms with van der Waals surface area (Å²) in [7, 11) is 0. The Hall–Kier alpha value is -1.56. The van der Waals surface area contributed by atoms with Gasteiger partial charge in [0.05, 0.1) is 0 Å². The van der Waals surface area contributed by atoms with E-state index in [9.17, 15) is 0 Å². The van der Waals surface area contributed by atoms with Gasteiger partial charge >= 0.3 is 0 Å². The van der Waals surface area contributed by atoms with Crippen LogP contribution < -0.4 is 0 Å². The van der Waals surface area contributed by atoms with Crippen LogP contribution in [0.4, 0.5) is 0 Å². The van der Waals surface area contributed by atoms with Crippen LogP contribution in [0.5, 0.6) is 0 Å². The summed E-state index contributed by atoms with van der Waals surface area (Å²) in [6, 6.07) is 10.7. The smallest absolute Gasteiger partial charge is 0.0146 e. The second kappa shape index (κ2) is 4.61. The van der Waals surface area contributed by atoms with Crippen molar-refractivity contribution in [3.05, 3.63) is 71.8 Å². The van der Waals surface area contributed by atoms with Crippen LogP contribution in [-0.2, 0) is 5.41 Å². The zero-order chi connectivity index (χ0) is 13.2. The van der Waals surface area contributed by atoms with Crippen molar-refractivity contribution in [3.8, 4) is 0 Å². The topological polar surface area (TPSA) is 0 Å². The number of allylic oxidation sites excluding steroid dienone is 6. The molecule has 1 aliphatic carbocycles. The van der Waals surface area contributed by atoms with Crippen molar-refractivity contribution in [2.75, 3.05) is 0 Å². The zero-order valence-corrected chi connectivity index (χ0v) is 11.8. The minimum atomic E-state index is 0.0442. The Kier molecular flexibility index (Phi) is 3.30. The molecule has 0 fully saturated rings. The first-order chi connectivity index (χ1) is 8.42. The molecule has 0 aromatic heterocycles. The molecule has 0 unspecified atom stereocenters. The van der Waals surface area contributed by atoms with Gasteiger partial charge in [-0.2, -0.15) is 0 Å². The van der Waals surface area contributed by atoms with Crippen LogP contribution in [0.1, 0.15) is 33.3 Å². The van der Waals surface area contributed by atoms with E-state index in [1.54, 1.807) is 0 Å². The van der Waals surface area contributed by atoms with Gasteiger partial charge in [0, 0.05) is 10.8 Å². The first-order valence-corrected chi connectivity index (χ1v) is 6.57. The van der Waals surface area contributed by atoms with Crippen LogP contribution in [0.2, 0.25) is 0 Å². The average molecular weight is 238 g/mol. The van der Waals surface area contributed by atoms with Gasteiger partial charge in [0.2, 0.25) is 0 Å². The summed E-state index contributed by atoms with van der Waals surface area (Å²) in [5, 5.41) is 0. The van der Waals surface area contributed by atoms with Crippen LogP contribution >= 0.6 is 0 Å². The Balaban J connectivity index is 2.38. The maximum atomic E-state index is 2.28. The molecule has 18 heavy (non-hydrogen) atoms. The Bertz CT molecular complexity index is 496. The van der Waals surface area contributed by atoms with Gasteiger partial charge in [-0.25, -0.2) is 0 Å². The van der Waals surface area contributed by atoms with E-state index in [0.29, 0.717) is 0 Å². The average Bonchev–Trinajstić information content (AvgIpc) is 2.52. The molecule has 2 rings (SSSR count). The first-order valence-electron chi connectivity index (χ1n) is 6.57. The lowest BCUT2D eigenvalue weighted by Crippen LogP contribution is -2.19. The molecule has 0 aliphatic heterocycles. The van der Waals surface area contributed by atoms with Gasteiger partial charge in [0.25, 0.3) is 0 Å². The van der Waals surface area contributed by atoms with Crippen LogP contribution in [0.15, 0.2) is 66.3 Å². The monoisotopic (exact) mass is 238 g/mol. The molecule has 0 bridgehead atoms. The van der Waals surface area contributed by atoms with E-state index < -0.39 is 0 Å². The quantitative estimate of drug-likeness (QED) is 0.677. The standard InChI is InChI=1S/C18H22/c1-17(2)13-8-11-16(12-14-17)18(3,4)15-9-6-5-7-10-15/h5-14H,1-4H3. The summed E-state index contributed by atoms with van der Waals surface area (Å²) in [4.78, 5) is 0. The van der Waals surface area contributed by atoms with Crippen molar-refractivity contribution in [2.45, 2.75) is 33.1 Å². The third-order valence-corrected chi connectivity index (χ3v) is 3.71. The predicted molar refractivity (Wildman–Crippen MR) is 79.6 cm³/mol. The van der Waals surface area contributed by atoms with E-state index in [-0.39, 0.29) is 10.8 Å². The highest BCUT2D eigenvalue weighted by Gasteiger charge is 2.24. The molecule has 0 atom stereocenters. The second-order valence-electron chi connectivity index (χ2n) is 6.13. The Morgan fingerprint density at radius 1 is 0.944 bits per heavy atom. The van der Waals surface area contributed by atoms with E-state index >= 15 is 0 Å². The lowest BCUT2D eigenvalue weighted by molar-refractivity contribution is 0.618.